The van der Waals surface area contributed by atoms with Crippen molar-refractivity contribution in [1.82, 2.24) is 0 Å². The maximum Gasteiger partial charge on any atom is 0.443 e. The van der Waals surface area contributed by atoms with Crippen LogP contribution in [-0.4, -0.2) is 33.7 Å². The van der Waals surface area contributed by atoms with Crippen molar-refractivity contribution in [1.29, 1.82) is 0 Å². The van der Waals surface area contributed by atoms with E-state index in [1.54, 1.807) is 6.92 Å². The first-order chi connectivity index (χ1) is 7.95. The van der Waals surface area contributed by atoms with E-state index in [-0.39, 0.29) is 5.97 Å². The molecule has 0 spiro atoms. The number of rotatable bonds is 9. The molecule has 0 bridgehead atoms. The highest BCUT2D eigenvalue weighted by Gasteiger charge is 2.34. The van der Waals surface area contributed by atoms with E-state index in [4.69, 9.17) is 24.7 Å². The van der Waals surface area contributed by atoms with Gasteiger partial charge in [0.2, 0.25) is 0 Å². The maximum atomic E-state index is 11.1. The predicted molar refractivity (Wildman–Crippen MR) is 70.1 cm³/mol. The molecule has 0 rings (SSSR count). The van der Waals surface area contributed by atoms with Crippen molar-refractivity contribution in [2.24, 2.45) is 0 Å². The topological polar surface area (TPSA) is 44.8 Å². The second kappa shape index (κ2) is 8.69. The Bertz CT molecular complexity index is 252. The van der Waals surface area contributed by atoms with Crippen LogP contribution in [0.25, 0.3) is 0 Å². The van der Waals surface area contributed by atoms with E-state index in [9.17, 15) is 4.79 Å². The summed E-state index contributed by atoms with van der Waals surface area (Å²) in [6.45, 7) is 10.2. The molecule has 6 heteroatoms. The average molecular weight is 281 g/mol. The molecular formula is C11H21ClO4Si. The highest BCUT2D eigenvalue weighted by molar-refractivity contribution is 7.12. The van der Waals surface area contributed by atoms with Crippen molar-refractivity contribution < 1.29 is 18.4 Å². The molecule has 0 saturated heterocycles. The van der Waals surface area contributed by atoms with Crippen molar-refractivity contribution in [2.45, 2.75) is 33.2 Å². The van der Waals surface area contributed by atoms with Crippen molar-refractivity contribution in [3.8, 4) is 0 Å². The molecule has 17 heavy (non-hydrogen) atoms. The van der Waals surface area contributed by atoms with Gasteiger partial charge in [0.05, 0.1) is 6.61 Å². The largest absolute Gasteiger partial charge is 0.462 e. The zero-order valence-electron chi connectivity index (χ0n) is 10.8. The second-order valence-corrected chi connectivity index (χ2v) is 7.67. The van der Waals surface area contributed by atoms with Crippen LogP contribution in [0.2, 0.25) is 6.04 Å². The average Bonchev–Trinajstić information content (AvgIpc) is 2.24. The minimum atomic E-state index is -2.59. The van der Waals surface area contributed by atoms with Crippen LogP contribution in [0.4, 0.5) is 0 Å². The van der Waals surface area contributed by atoms with E-state index in [1.807, 2.05) is 13.8 Å². The molecule has 0 heterocycles. The van der Waals surface area contributed by atoms with Crippen LogP contribution in [0, 0.1) is 0 Å². The van der Waals surface area contributed by atoms with Gasteiger partial charge in [-0.05, 0) is 27.2 Å². The number of hydrogen-bond acceptors (Lipinski definition) is 4. The molecule has 0 amide bonds. The molecule has 4 nitrogen and oxygen atoms in total. The minimum Gasteiger partial charge on any atom is -0.462 e. The molecule has 0 unspecified atom stereocenters. The SMILES string of the molecule is C=C(C)C(=O)OCCC[Si](Cl)(OCC)OCC. The number of esters is 1. The Labute approximate surface area is 109 Å². The van der Waals surface area contributed by atoms with Gasteiger partial charge in [-0.1, -0.05) is 17.7 Å². The van der Waals surface area contributed by atoms with Crippen LogP contribution < -0.4 is 0 Å². The Balaban J connectivity index is 3.90. The fourth-order valence-corrected chi connectivity index (χ4v) is 4.04. The van der Waals surface area contributed by atoms with Crippen LogP contribution in [0.5, 0.6) is 0 Å². The molecule has 0 aliphatic rings. The predicted octanol–water partition coefficient (Wildman–Crippen LogP) is 2.75. The summed E-state index contributed by atoms with van der Waals surface area (Å²) in [5.41, 5.74) is 0.397. The second-order valence-electron chi connectivity index (χ2n) is 3.55. The third-order valence-electron chi connectivity index (χ3n) is 1.92. The molecule has 0 radical (unpaired) electrons. The summed E-state index contributed by atoms with van der Waals surface area (Å²) in [5.74, 6) is -0.375. The lowest BCUT2D eigenvalue weighted by atomic mass is 10.4. The van der Waals surface area contributed by atoms with E-state index in [0.717, 1.165) is 0 Å². The molecule has 0 fully saturated rings. The van der Waals surface area contributed by atoms with Gasteiger partial charge >= 0.3 is 13.8 Å². The lowest BCUT2D eigenvalue weighted by Crippen LogP contribution is -2.36. The Morgan fingerprint density at radius 1 is 1.29 bits per heavy atom. The Morgan fingerprint density at radius 2 is 1.82 bits per heavy atom. The standard InChI is InChI=1S/C11H21ClO4Si/c1-5-15-17(12,16-6-2)9-7-8-14-11(13)10(3)4/h3,5-9H2,1-2,4H3. The van der Waals surface area contributed by atoms with E-state index >= 15 is 0 Å². The lowest BCUT2D eigenvalue weighted by molar-refractivity contribution is -0.138. The molecule has 100 valence electrons. The molecule has 0 N–H and O–H groups in total. The molecule has 0 aliphatic heterocycles. The number of carbonyl (C=O) groups excluding carboxylic acids is 1. The van der Waals surface area contributed by atoms with Crippen LogP contribution in [0.3, 0.4) is 0 Å². The van der Waals surface area contributed by atoms with Gasteiger partial charge < -0.3 is 13.6 Å². The van der Waals surface area contributed by atoms with Gasteiger partial charge in [0.1, 0.15) is 0 Å². The molecular weight excluding hydrogens is 260 g/mol. The summed E-state index contributed by atoms with van der Waals surface area (Å²) in [5, 5.41) is 0. The van der Waals surface area contributed by atoms with E-state index < -0.39 is 7.87 Å². The van der Waals surface area contributed by atoms with Gasteiger partial charge in [0, 0.05) is 24.8 Å². The first-order valence-corrected chi connectivity index (χ1v) is 8.78. The van der Waals surface area contributed by atoms with Crippen molar-refractivity contribution >= 4 is 24.9 Å². The van der Waals surface area contributed by atoms with Gasteiger partial charge in [-0.2, -0.15) is 0 Å². The summed E-state index contributed by atoms with van der Waals surface area (Å²) >= 11 is 6.25. The number of ether oxygens (including phenoxy) is 1. The number of halogens is 1. The van der Waals surface area contributed by atoms with Gasteiger partial charge in [0.15, 0.2) is 0 Å². The molecule has 0 atom stereocenters. The number of hydrogen-bond donors (Lipinski definition) is 0. The van der Waals surface area contributed by atoms with E-state index in [1.165, 1.54) is 0 Å². The van der Waals surface area contributed by atoms with Crippen LogP contribution in [0.15, 0.2) is 12.2 Å². The van der Waals surface area contributed by atoms with Gasteiger partial charge in [-0.15, -0.1) is 0 Å². The van der Waals surface area contributed by atoms with Crippen molar-refractivity contribution in [3.63, 3.8) is 0 Å². The van der Waals surface area contributed by atoms with Crippen molar-refractivity contribution in [2.75, 3.05) is 19.8 Å². The third-order valence-corrected chi connectivity index (χ3v) is 5.53. The van der Waals surface area contributed by atoms with Crippen molar-refractivity contribution in [3.05, 3.63) is 12.2 Å². The monoisotopic (exact) mass is 280 g/mol. The van der Waals surface area contributed by atoms with E-state index in [2.05, 4.69) is 6.58 Å². The summed E-state index contributed by atoms with van der Waals surface area (Å²) in [6, 6.07) is 0.597. The zero-order chi connectivity index (χ0) is 13.3. The Morgan fingerprint density at radius 3 is 2.24 bits per heavy atom. The summed E-state index contributed by atoms with van der Waals surface area (Å²) in [6.07, 6.45) is 0.634. The highest BCUT2D eigenvalue weighted by atomic mass is 35.6. The van der Waals surface area contributed by atoms with Gasteiger partial charge in [0.25, 0.3) is 0 Å². The highest BCUT2D eigenvalue weighted by Crippen LogP contribution is 2.20. The maximum absolute atomic E-state index is 11.1. The first-order valence-electron chi connectivity index (χ1n) is 5.74. The molecule has 0 aromatic carbocycles. The van der Waals surface area contributed by atoms with Crippen LogP contribution >= 0.6 is 11.1 Å². The summed E-state index contributed by atoms with van der Waals surface area (Å²) in [4.78, 5) is 11.1. The van der Waals surface area contributed by atoms with Crippen LogP contribution in [-0.2, 0) is 18.4 Å². The number of carbonyl (C=O) groups is 1. The molecule has 0 aromatic rings. The minimum absolute atomic E-state index is 0.313. The Hall–Kier alpha value is -0.363. The first kappa shape index (κ1) is 16.6. The third kappa shape index (κ3) is 7.54. The molecule has 0 aliphatic carbocycles. The fraction of sp³-hybridized carbons (Fsp3) is 0.727. The van der Waals surface area contributed by atoms with Gasteiger partial charge in [-0.3, -0.25) is 0 Å². The molecule has 0 aromatic heterocycles. The normalized spacial score (nSPS) is 11.3. The van der Waals surface area contributed by atoms with E-state index in [0.29, 0.717) is 37.9 Å². The summed E-state index contributed by atoms with van der Waals surface area (Å²) in [7, 11) is -2.59. The van der Waals surface area contributed by atoms with Crippen LogP contribution in [0.1, 0.15) is 27.2 Å². The fourth-order valence-electron chi connectivity index (χ4n) is 1.19. The lowest BCUT2D eigenvalue weighted by Gasteiger charge is -2.22. The summed E-state index contributed by atoms with van der Waals surface area (Å²) < 4.78 is 15.9. The zero-order valence-corrected chi connectivity index (χ0v) is 12.5. The smallest absolute Gasteiger partial charge is 0.443 e. The van der Waals surface area contributed by atoms with Gasteiger partial charge in [-0.25, -0.2) is 4.79 Å². The Kier molecular flexibility index (Phi) is 8.50. The quantitative estimate of drug-likeness (QED) is 0.214. The molecule has 0 saturated carbocycles.